The van der Waals surface area contributed by atoms with Crippen molar-refractivity contribution in [2.75, 3.05) is 6.61 Å². The minimum Gasteiger partial charge on any atom is -0.462 e. The molecular weight excluding hydrogens is 755 g/mol. The molecule has 3 N–H and O–H groups in total. The van der Waals surface area contributed by atoms with Gasteiger partial charge in [0.1, 0.15) is 6.10 Å². The Bertz CT molecular complexity index is 1090. The zero-order chi connectivity index (χ0) is 44.5. The molecule has 0 aromatic heterocycles. The molecule has 354 valence electrons. The van der Waals surface area contributed by atoms with Crippen molar-refractivity contribution in [3.63, 3.8) is 0 Å². The van der Waals surface area contributed by atoms with E-state index < -0.39 is 18.2 Å². The van der Waals surface area contributed by atoms with Crippen LogP contribution in [0.1, 0.15) is 252 Å². The Morgan fingerprint density at radius 2 is 0.852 bits per heavy atom. The third-order valence-corrected chi connectivity index (χ3v) is 11.6. The fourth-order valence-electron chi connectivity index (χ4n) is 7.72. The molecule has 0 rings (SSSR count). The largest absolute Gasteiger partial charge is 0.462 e. The molecule has 0 saturated carbocycles. The van der Waals surface area contributed by atoms with E-state index in [-0.39, 0.29) is 31.3 Å². The number of amides is 1. The second-order valence-corrected chi connectivity index (χ2v) is 17.5. The molecule has 0 aliphatic rings. The molecule has 0 aromatic rings. The molecule has 61 heavy (non-hydrogen) atoms. The molecule has 0 spiro atoms. The van der Waals surface area contributed by atoms with Crippen molar-refractivity contribution in [3.05, 3.63) is 60.8 Å². The van der Waals surface area contributed by atoms with Crippen molar-refractivity contribution in [1.29, 1.82) is 0 Å². The number of carbonyl (C=O) groups excluding carboxylic acids is 2. The number of nitrogens with one attached hydrogen (secondary N) is 1. The van der Waals surface area contributed by atoms with Crippen molar-refractivity contribution in [2.24, 2.45) is 0 Å². The Labute approximate surface area is 378 Å². The summed E-state index contributed by atoms with van der Waals surface area (Å²) in [5.74, 6) is -0.567. The number of aliphatic hydroxyl groups excluding tert-OH is 2. The Kier molecular flexibility index (Phi) is 46.6. The normalized spacial score (nSPS) is 13.7. The van der Waals surface area contributed by atoms with Gasteiger partial charge in [-0.3, -0.25) is 9.59 Å². The van der Waals surface area contributed by atoms with Crippen molar-refractivity contribution >= 4 is 11.9 Å². The van der Waals surface area contributed by atoms with Crippen LogP contribution in [-0.2, 0) is 14.3 Å². The van der Waals surface area contributed by atoms with Crippen molar-refractivity contribution < 1.29 is 24.5 Å². The average molecular weight is 854 g/mol. The smallest absolute Gasteiger partial charge is 0.306 e. The Balaban J connectivity index is 4.64. The van der Waals surface area contributed by atoms with Gasteiger partial charge in [0.2, 0.25) is 5.91 Å². The lowest BCUT2D eigenvalue weighted by atomic mass is 10.0. The summed E-state index contributed by atoms with van der Waals surface area (Å²) < 4.78 is 5.89. The van der Waals surface area contributed by atoms with Crippen molar-refractivity contribution in [3.8, 4) is 0 Å². The highest BCUT2D eigenvalue weighted by Crippen LogP contribution is 2.18. The maximum absolute atomic E-state index is 13.2. The van der Waals surface area contributed by atoms with Gasteiger partial charge in [0.15, 0.2) is 0 Å². The maximum atomic E-state index is 13.2. The molecule has 3 atom stereocenters. The van der Waals surface area contributed by atoms with Crippen LogP contribution in [-0.4, -0.2) is 46.9 Å². The lowest BCUT2D eigenvalue weighted by molar-refractivity contribution is -0.150. The summed E-state index contributed by atoms with van der Waals surface area (Å²) in [4.78, 5) is 26.1. The number of rotatable bonds is 46. The van der Waals surface area contributed by atoms with Gasteiger partial charge in [0.25, 0.3) is 0 Å². The van der Waals surface area contributed by atoms with E-state index in [1.165, 1.54) is 128 Å². The summed E-state index contributed by atoms with van der Waals surface area (Å²) in [5.41, 5.74) is 0. The quantitative estimate of drug-likeness (QED) is 0.0322. The van der Waals surface area contributed by atoms with Crippen LogP contribution in [0.15, 0.2) is 60.8 Å². The predicted octanol–water partition coefficient (Wildman–Crippen LogP) is 15.6. The highest BCUT2D eigenvalue weighted by atomic mass is 16.5. The van der Waals surface area contributed by atoms with Gasteiger partial charge in [-0.25, -0.2) is 0 Å². The van der Waals surface area contributed by atoms with Gasteiger partial charge in [0, 0.05) is 6.42 Å². The van der Waals surface area contributed by atoms with Crippen LogP contribution in [0.5, 0.6) is 0 Å². The number of hydrogen-bond acceptors (Lipinski definition) is 5. The lowest BCUT2D eigenvalue weighted by Gasteiger charge is -2.24. The van der Waals surface area contributed by atoms with E-state index in [0.717, 1.165) is 70.6 Å². The fourth-order valence-corrected chi connectivity index (χ4v) is 7.72. The number of esters is 1. The van der Waals surface area contributed by atoms with Crippen LogP contribution < -0.4 is 5.32 Å². The standard InChI is InChI=1S/C55H99NO5/c1-4-7-10-13-16-19-22-25-27-28-30-33-36-39-42-45-48-55(60)61-51(46-43-40-37-34-31-24-21-18-15-12-9-6-3)49-54(59)56-52(50-57)53(58)47-44-41-38-35-32-29-26-23-20-17-14-11-8-5-2/h7,10,16,19,25,27,30,33,39,42,51-53,57-58H,4-6,8-9,11-15,17-18,20-24,26,28-29,31-32,34-38,40-41,43-50H2,1-3H3,(H,56,59)/b10-7+,19-16+,27-25+,33-30+,42-39+. The molecule has 0 aromatic carbocycles. The van der Waals surface area contributed by atoms with E-state index >= 15 is 0 Å². The van der Waals surface area contributed by atoms with Gasteiger partial charge in [-0.15, -0.1) is 0 Å². The molecule has 1 amide bonds. The highest BCUT2D eigenvalue weighted by molar-refractivity contribution is 5.77. The number of carbonyl (C=O) groups is 2. The number of hydrogen-bond donors (Lipinski definition) is 3. The molecule has 0 heterocycles. The van der Waals surface area contributed by atoms with Crippen LogP contribution in [0.4, 0.5) is 0 Å². The zero-order valence-corrected chi connectivity index (χ0v) is 40.3. The molecule has 6 heteroatoms. The molecule has 6 nitrogen and oxygen atoms in total. The van der Waals surface area contributed by atoms with E-state index in [0.29, 0.717) is 19.3 Å². The third kappa shape index (κ3) is 44.0. The molecule has 3 unspecified atom stereocenters. The summed E-state index contributed by atoms with van der Waals surface area (Å²) in [5, 5.41) is 23.8. The molecule has 0 bridgehead atoms. The minimum atomic E-state index is -0.799. The fraction of sp³-hybridized carbons (Fsp3) is 0.782. The summed E-state index contributed by atoms with van der Waals surface area (Å²) in [7, 11) is 0. The maximum Gasteiger partial charge on any atom is 0.306 e. The summed E-state index contributed by atoms with van der Waals surface area (Å²) in [6, 6.07) is -0.715. The van der Waals surface area contributed by atoms with Crippen LogP contribution in [0, 0.1) is 0 Å². The van der Waals surface area contributed by atoms with Gasteiger partial charge in [0.05, 0.1) is 25.2 Å². The van der Waals surface area contributed by atoms with Gasteiger partial charge in [-0.05, 0) is 57.8 Å². The predicted molar refractivity (Wildman–Crippen MR) is 264 cm³/mol. The van der Waals surface area contributed by atoms with Crippen LogP contribution in [0.25, 0.3) is 0 Å². The second kappa shape index (κ2) is 48.6. The van der Waals surface area contributed by atoms with Crippen molar-refractivity contribution in [2.45, 2.75) is 270 Å². The molecule has 0 aliphatic heterocycles. The molecule has 0 aliphatic carbocycles. The van der Waals surface area contributed by atoms with E-state index in [1.807, 2.05) is 6.08 Å². The van der Waals surface area contributed by atoms with Gasteiger partial charge >= 0.3 is 5.97 Å². The van der Waals surface area contributed by atoms with Gasteiger partial charge < -0.3 is 20.3 Å². The SMILES string of the molecule is CC/C=C/C/C=C/C/C=C/C/C=C/C/C=C/CCC(=O)OC(CCCCCCCCCCCCCC)CC(=O)NC(CO)C(O)CCCCCCCCCCCCCCCC. The first-order valence-electron chi connectivity index (χ1n) is 26.0. The Hall–Kier alpha value is -2.44. The topological polar surface area (TPSA) is 95.9 Å². The number of aliphatic hydroxyl groups is 2. The summed E-state index contributed by atoms with van der Waals surface area (Å²) in [6.07, 6.45) is 60.0. The summed E-state index contributed by atoms with van der Waals surface area (Å²) >= 11 is 0. The number of allylic oxidation sites excluding steroid dienone is 10. The highest BCUT2D eigenvalue weighted by Gasteiger charge is 2.24. The molecule has 0 radical (unpaired) electrons. The number of ether oxygens (including phenoxy) is 1. The van der Waals surface area contributed by atoms with Gasteiger partial charge in [-0.1, -0.05) is 242 Å². The first-order chi connectivity index (χ1) is 30.0. The monoisotopic (exact) mass is 854 g/mol. The lowest BCUT2D eigenvalue weighted by Crippen LogP contribution is -2.46. The van der Waals surface area contributed by atoms with Crippen LogP contribution in [0.2, 0.25) is 0 Å². The summed E-state index contributed by atoms with van der Waals surface area (Å²) in [6.45, 7) is 6.36. The third-order valence-electron chi connectivity index (χ3n) is 11.6. The van der Waals surface area contributed by atoms with Crippen molar-refractivity contribution in [1.82, 2.24) is 5.32 Å². The molecule has 0 fully saturated rings. The van der Waals surface area contributed by atoms with E-state index in [4.69, 9.17) is 4.74 Å². The van der Waals surface area contributed by atoms with E-state index in [2.05, 4.69) is 80.8 Å². The number of unbranched alkanes of at least 4 members (excludes halogenated alkanes) is 24. The second-order valence-electron chi connectivity index (χ2n) is 17.5. The van der Waals surface area contributed by atoms with E-state index in [9.17, 15) is 19.8 Å². The zero-order valence-electron chi connectivity index (χ0n) is 40.3. The minimum absolute atomic E-state index is 0.0491. The van der Waals surface area contributed by atoms with Crippen LogP contribution >= 0.6 is 0 Å². The Morgan fingerprint density at radius 1 is 0.492 bits per heavy atom. The first kappa shape index (κ1) is 58.6. The molecular formula is C55H99NO5. The van der Waals surface area contributed by atoms with E-state index in [1.54, 1.807) is 0 Å². The first-order valence-corrected chi connectivity index (χ1v) is 26.0. The van der Waals surface area contributed by atoms with Crippen LogP contribution in [0.3, 0.4) is 0 Å². The van der Waals surface area contributed by atoms with Gasteiger partial charge in [-0.2, -0.15) is 0 Å². The average Bonchev–Trinajstić information content (AvgIpc) is 3.25. The Morgan fingerprint density at radius 3 is 1.25 bits per heavy atom. The molecule has 0 saturated heterocycles.